The Bertz CT molecular complexity index is 963. The molecular formula is C19H26N6O5. The van der Waals surface area contributed by atoms with E-state index >= 15 is 0 Å². The predicted molar refractivity (Wildman–Crippen MR) is 105 cm³/mol. The van der Waals surface area contributed by atoms with Crippen molar-refractivity contribution in [1.29, 1.82) is 0 Å². The maximum atomic E-state index is 12.5. The van der Waals surface area contributed by atoms with E-state index < -0.39 is 0 Å². The minimum atomic E-state index is -0.366. The summed E-state index contributed by atoms with van der Waals surface area (Å²) in [6.45, 7) is 5.03. The van der Waals surface area contributed by atoms with Crippen LogP contribution in [0.5, 0.6) is 0 Å². The Morgan fingerprint density at radius 3 is 2.67 bits per heavy atom. The van der Waals surface area contributed by atoms with Crippen LogP contribution in [0.4, 0.5) is 0 Å². The van der Waals surface area contributed by atoms with Crippen molar-refractivity contribution in [2.75, 3.05) is 27.2 Å². The zero-order valence-corrected chi connectivity index (χ0v) is 17.6. The van der Waals surface area contributed by atoms with E-state index in [0.717, 1.165) is 11.3 Å². The quantitative estimate of drug-likeness (QED) is 0.648. The lowest BCUT2D eigenvalue weighted by atomic mass is 10.0. The SMILES string of the molecule is CNC(=O)c1nn(CCNC(=O)c2noc(C)c2COC)c2c1CN(C(C)=O)CC2. The predicted octanol–water partition coefficient (Wildman–Crippen LogP) is 0.0201. The highest BCUT2D eigenvalue weighted by molar-refractivity contribution is 5.94. The molecular weight excluding hydrogens is 392 g/mol. The molecule has 1 aliphatic heterocycles. The molecule has 0 radical (unpaired) electrons. The molecule has 0 unspecified atom stereocenters. The third kappa shape index (κ3) is 4.20. The molecule has 0 spiro atoms. The summed E-state index contributed by atoms with van der Waals surface area (Å²) in [6.07, 6.45) is 0.591. The number of aryl methyl sites for hydroxylation is 1. The van der Waals surface area contributed by atoms with Crippen LogP contribution in [-0.4, -0.2) is 64.8 Å². The lowest BCUT2D eigenvalue weighted by Gasteiger charge is -2.26. The molecule has 30 heavy (non-hydrogen) atoms. The summed E-state index contributed by atoms with van der Waals surface area (Å²) in [5.74, 6) is -0.178. The molecule has 0 saturated heterocycles. The van der Waals surface area contributed by atoms with Gasteiger partial charge in [-0.3, -0.25) is 19.1 Å². The first-order valence-corrected chi connectivity index (χ1v) is 9.65. The molecule has 0 aliphatic carbocycles. The second-order valence-corrected chi connectivity index (χ2v) is 7.02. The largest absolute Gasteiger partial charge is 0.380 e. The van der Waals surface area contributed by atoms with Crippen LogP contribution >= 0.6 is 0 Å². The third-order valence-electron chi connectivity index (χ3n) is 5.12. The van der Waals surface area contributed by atoms with Crippen molar-refractivity contribution in [3.05, 3.63) is 34.0 Å². The van der Waals surface area contributed by atoms with Gasteiger partial charge in [0, 0.05) is 58.4 Å². The van der Waals surface area contributed by atoms with Crippen LogP contribution in [0.25, 0.3) is 0 Å². The van der Waals surface area contributed by atoms with Gasteiger partial charge in [-0.15, -0.1) is 0 Å². The number of rotatable bonds is 7. The van der Waals surface area contributed by atoms with E-state index in [2.05, 4.69) is 20.9 Å². The van der Waals surface area contributed by atoms with Gasteiger partial charge in [0.2, 0.25) is 5.91 Å². The van der Waals surface area contributed by atoms with Crippen molar-refractivity contribution in [2.24, 2.45) is 0 Å². The van der Waals surface area contributed by atoms with Gasteiger partial charge in [0.15, 0.2) is 11.4 Å². The fourth-order valence-electron chi connectivity index (χ4n) is 3.49. The van der Waals surface area contributed by atoms with Gasteiger partial charge >= 0.3 is 0 Å². The van der Waals surface area contributed by atoms with E-state index in [1.807, 2.05) is 0 Å². The van der Waals surface area contributed by atoms with Crippen molar-refractivity contribution < 1.29 is 23.6 Å². The zero-order valence-electron chi connectivity index (χ0n) is 17.6. The number of carbonyl (C=O) groups is 3. The van der Waals surface area contributed by atoms with Crippen LogP contribution in [0, 0.1) is 6.92 Å². The fraction of sp³-hybridized carbons (Fsp3) is 0.526. The Morgan fingerprint density at radius 1 is 1.23 bits per heavy atom. The molecule has 0 saturated carbocycles. The topological polar surface area (TPSA) is 132 Å². The molecule has 0 atom stereocenters. The lowest BCUT2D eigenvalue weighted by molar-refractivity contribution is -0.129. The van der Waals surface area contributed by atoms with Crippen molar-refractivity contribution in [1.82, 2.24) is 30.5 Å². The number of nitrogens with zero attached hydrogens (tertiary/aromatic N) is 4. The van der Waals surface area contributed by atoms with Gasteiger partial charge in [0.25, 0.3) is 11.8 Å². The minimum Gasteiger partial charge on any atom is -0.380 e. The molecule has 3 heterocycles. The van der Waals surface area contributed by atoms with Crippen molar-refractivity contribution >= 4 is 17.7 Å². The molecule has 3 amide bonds. The Labute approximate surface area is 173 Å². The Morgan fingerprint density at radius 2 is 2.00 bits per heavy atom. The summed E-state index contributed by atoms with van der Waals surface area (Å²) in [5, 5.41) is 13.6. The van der Waals surface area contributed by atoms with Gasteiger partial charge in [-0.2, -0.15) is 5.10 Å². The monoisotopic (exact) mass is 418 g/mol. The smallest absolute Gasteiger partial charge is 0.273 e. The number of methoxy groups -OCH3 is 1. The first kappa shape index (κ1) is 21.5. The Hall–Kier alpha value is -3.21. The van der Waals surface area contributed by atoms with E-state index in [4.69, 9.17) is 9.26 Å². The fourth-order valence-corrected chi connectivity index (χ4v) is 3.49. The van der Waals surface area contributed by atoms with E-state index in [0.29, 0.717) is 43.1 Å². The Kier molecular flexibility index (Phi) is 6.50. The molecule has 2 N–H and O–H groups in total. The van der Waals surface area contributed by atoms with Crippen LogP contribution in [-0.2, 0) is 35.6 Å². The maximum absolute atomic E-state index is 12.5. The van der Waals surface area contributed by atoms with Crippen LogP contribution in [0.3, 0.4) is 0 Å². The summed E-state index contributed by atoms with van der Waals surface area (Å²) in [4.78, 5) is 38.2. The molecule has 3 rings (SSSR count). The zero-order chi connectivity index (χ0) is 21.8. The minimum absolute atomic E-state index is 0.0433. The van der Waals surface area contributed by atoms with E-state index in [1.54, 1.807) is 16.5 Å². The molecule has 162 valence electrons. The average molecular weight is 418 g/mol. The second-order valence-electron chi connectivity index (χ2n) is 7.02. The number of nitrogens with one attached hydrogen (secondary N) is 2. The van der Waals surface area contributed by atoms with Gasteiger partial charge in [0.05, 0.1) is 18.7 Å². The van der Waals surface area contributed by atoms with Crippen molar-refractivity contribution in [3.63, 3.8) is 0 Å². The lowest BCUT2D eigenvalue weighted by Crippen LogP contribution is -2.36. The number of hydrogen-bond acceptors (Lipinski definition) is 7. The third-order valence-corrected chi connectivity index (χ3v) is 5.12. The Balaban J connectivity index is 1.72. The highest BCUT2D eigenvalue weighted by Gasteiger charge is 2.28. The van der Waals surface area contributed by atoms with Crippen LogP contribution < -0.4 is 10.6 Å². The van der Waals surface area contributed by atoms with Crippen molar-refractivity contribution in [2.45, 2.75) is 40.0 Å². The standard InChI is InChI=1S/C19H26N6O5/c1-11-14(10-29-4)17(23-30-11)19(28)21-6-8-25-15-5-7-24(12(2)26)9-13(15)16(22-25)18(27)20-3/h5-10H2,1-4H3,(H,20,27)(H,21,28). The first-order valence-electron chi connectivity index (χ1n) is 9.65. The number of carbonyl (C=O) groups excluding carboxylic acids is 3. The molecule has 1 aliphatic rings. The van der Waals surface area contributed by atoms with E-state index in [1.165, 1.54) is 21.1 Å². The van der Waals surface area contributed by atoms with Gasteiger partial charge in [-0.1, -0.05) is 5.16 Å². The molecule has 2 aromatic rings. The molecule has 0 bridgehead atoms. The van der Waals surface area contributed by atoms with Gasteiger partial charge < -0.3 is 24.8 Å². The molecule has 0 aromatic carbocycles. The van der Waals surface area contributed by atoms with Crippen LogP contribution in [0.2, 0.25) is 0 Å². The van der Waals surface area contributed by atoms with Gasteiger partial charge in [-0.25, -0.2) is 0 Å². The molecule has 2 aromatic heterocycles. The number of fused-ring (bicyclic) bond motifs is 1. The summed E-state index contributed by atoms with van der Waals surface area (Å²) >= 11 is 0. The van der Waals surface area contributed by atoms with Gasteiger partial charge in [0.1, 0.15) is 5.76 Å². The number of amides is 3. The van der Waals surface area contributed by atoms with Crippen LogP contribution in [0.1, 0.15) is 50.5 Å². The number of aromatic nitrogens is 3. The highest BCUT2D eigenvalue weighted by Crippen LogP contribution is 2.23. The number of ether oxygens (including phenoxy) is 1. The highest BCUT2D eigenvalue weighted by atomic mass is 16.5. The van der Waals surface area contributed by atoms with E-state index in [9.17, 15) is 14.4 Å². The molecule has 0 fully saturated rings. The maximum Gasteiger partial charge on any atom is 0.273 e. The summed E-state index contributed by atoms with van der Waals surface area (Å²) in [7, 11) is 3.07. The first-order chi connectivity index (χ1) is 14.4. The van der Waals surface area contributed by atoms with Crippen LogP contribution in [0.15, 0.2) is 4.52 Å². The van der Waals surface area contributed by atoms with Gasteiger partial charge in [-0.05, 0) is 6.92 Å². The summed E-state index contributed by atoms with van der Waals surface area (Å²) in [5.41, 5.74) is 2.76. The van der Waals surface area contributed by atoms with Crippen molar-refractivity contribution in [3.8, 4) is 0 Å². The second kappa shape index (κ2) is 9.08. The average Bonchev–Trinajstić information content (AvgIpc) is 3.28. The van der Waals surface area contributed by atoms with E-state index in [-0.39, 0.29) is 36.6 Å². The molecule has 11 nitrogen and oxygen atoms in total. The summed E-state index contributed by atoms with van der Waals surface area (Å²) < 4.78 is 11.9. The molecule has 11 heteroatoms. The number of hydrogen-bond donors (Lipinski definition) is 2. The normalized spacial score (nSPS) is 13.1. The summed E-state index contributed by atoms with van der Waals surface area (Å²) in [6, 6.07) is 0.